The second kappa shape index (κ2) is 5.61. The van der Waals surface area contributed by atoms with E-state index in [9.17, 15) is 9.18 Å². The zero-order valence-corrected chi connectivity index (χ0v) is 10.9. The molecule has 0 spiro atoms. The second-order valence-electron chi connectivity index (χ2n) is 4.46. The van der Waals surface area contributed by atoms with Gasteiger partial charge in [0, 0.05) is 19.3 Å². The van der Waals surface area contributed by atoms with E-state index in [4.69, 9.17) is 0 Å². The van der Waals surface area contributed by atoms with Gasteiger partial charge in [0.25, 0.3) is 5.91 Å². The summed E-state index contributed by atoms with van der Waals surface area (Å²) in [4.78, 5) is 17.9. The molecule has 0 bridgehead atoms. The Kier molecular flexibility index (Phi) is 3.90. The molecule has 0 unspecified atom stereocenters. The highest BCUT2D eigenvalue weighted by Crippen LogP contribution is 2.09. The van der Waals surface area contributed by atoms with E-state index in [-0.39, 0.29) is 11.7 Å². The highest BCUT2D eigenvalue weighted by molar-refractivity contribution is 5.92. The second-order valence-corrected chi connectivity index (χ2v) is 4.46. The third-order valence-electron chi connectivity index (χ3n) is 2.76. The molecule has 0 aliphatic carbocycles. The minimum absolute atomic E-state index is 0.173. The third kappa shape index (κ3) is 3.37. The Morgan fingerprint density at radius 2 is 2.00 bits per heavy atom. The standard InChI is InChI=1S/C15H15FN2O/c1-11-5-3-8-14(17-11)15(19)18(2)10-12-6-4-7-13(16)9-12/h3-9H,10H2,1-2H3. The number of nitrogens with zero attached hydrogens (tertiary/aromatic N) is 2. The minimum atomic E-state index is -0.299. The highest BCUT2D eigenvalue weighted by Gasteiger charge is 2.13. The zero-order valence-electron chi connectivity index (χ0n) is 10.9. The van der Waals surface area contributed by atoms with Crippen molar-refractivity contribution in [2.75, 3.05) is 7.05 Å². The number of carbonyl (C=O) groups is 1. The minimum Gasteiger partial charge on any atom is -0.336 e. The summed E-state index contributed by atoms with van der Waals surface area (Å²) in [6, 6.07) is 11.5. The van der Waals surface area contributed by atoms with Gasteiger partial charge in [-0.25, -0.2) is 9.37 Å². The van der Waals surface area contributed by atoms with Gasteiger partial charge < -0.3 is 4.90 Å². The summed E-state index contributed by atoms with van der Waals surface area (Å²) in [7, 11) is 1.68. The average Bonchev–Trinajstić information content (AvgIpc) is 2.38. The van der Waals surface area contributed by atoms with Crippen LogP contribution in [0.4, 0.5) is 4.39 Å². The van der Waals surface area contributed by atoms with E-state index >= 15 is 0 Å². The monoisotopic (exact) mass is 258 g/mol. The lowest BCUT2D eigenvalue weighted by Gasteiger charge is -2.17. The molecule has 2 rings (SSSR count). The first kappa shape index (κ1) is 13.2. The summed E-state index contributed by atoms with van der Waals surface area (Å²) in [5, 5.41) is 0. The summed E-state index contributed by atoms with van der Waals surface area (Å²) >= 11 is 0. The van der Waals surface area contributed by atoms with Gasteiger partial charge >= 0.3 is 0 Å². The first-order chi connectivity index (χ1) is 9.06. The Labute approximate surface area is 111 Å². The van der Waals surface area contributed by atoms with E-state index in [1.165, 1.54) is 17.0 Å². The van der Waals surface area contributed by atoms with Crippen molar-refractivity contribution in [3.05, 3.63) is 65.2 Å². The molecular formula is C15H15FN2O. The summed E-state index contributed by atoms with van der Waals surface area (Å²) in [5.41, 5.74) is 1.95. The largest absolute Gasteiger partial charge is 0.336 e. The number of rotatable bonds is 3. The predicted molar refractivity (Wildman–Crippen MR) is 71.2 cm³/mol. The maximum absolute atomic E-state index is 13.1. The smallest absolute Gasteiger partial charge is 0.272 e. The molecule has 4 heteroatoms. The number of hydrogen-bond acceptors (Lipinski definition) is 2. The van der Waals surface area contributed by atoms with Crippen LogP contribution in [0.15, 0.2) is 42.5 Å². The van der Waals surface area contributed by atoms with Crippen molar-refractivity contribution in [3.8, 4) is 0 Å². The third-order valence-corrected chi connectivity index (χ3v) is 2.76. The Balaban J connectivity index is 2.12. The van der Waals surface area contributed by atoms with Gasteiger partial charge in [-0.05, 0) is 36.8 Å². The molecule has 1 heterocycles. The Morgan fingerprint density at radius 3 is 2.68 bits per heavy atom. The van der Waals surface area contributed by atoms with Crippen LogP contribution < -0.4 is 0 Å². The van der Waals surface area contributed by atoms with Crippen LogP contribution in [-0.2, 0) is 6.54 Å². The van der Waals surface area contributed by atoms with Crippen LogP contribution in [0.5, 0.6) is 0 Å². The Hall–Kier alpha value is -2.23. The van der Waals surface area contributed by atoms with Crippen LogP contribution in [0.25, 0.3) is 0 Å². The van der Waals surface area contributed by atoms with Gasteiger partial charge in [-0.3, -0.25) is 4.79 Å². The molecule has 0 N–H and O–H groups in total. The molecule has 0 fully saturated rings. The van der Waals surface area contributed by atoms with Gasteiger partial charge in [0.1, 0.15) is 11.5 Å². The van der Waals surface area contributed by atoms with E-state index in [1.54, 1.807) is 31.3 Å². The van der Waals surface area contributed by atoms with Crippen molar-refractivity contribution >= 4 is 5.91 Å². The average molecular weight is 258 g/mol. The van der Waals surface area contributed by atoms with Gasteiger partial charge in [0.15, 0.2) is 0 Å². The fraction of sp³-hybridized carbons (Fsp3) is 0.200. The van der Waals surface area contributed by atoms with Gasteiger partial charge in [-0.15, -0.1) is 0 Å². The molecular weight excluding hydrogens is 243 g/mol. The predicted octanol–water partition coefficient (Wildman–Crippen LogP) is 2.80. The van der Waals surface area contributed by atoms with Crippen molar-refractivity contribution in [2.24, 2.45) is 0 Å². The van der Waals surface area contributed by atoms with Crippen LogP contribution >= 0.6 is 0 Å². The highest BCUT2D eigenvalue weighted by atomic mass is 19.1. The maximum Gasteiger partial charge on any atom is 0.272 e. The normalized spacial score (nSPS) is 10.3. The molecule has 1 aromatic carbocycles. The first-order valence-corrected chi connectivity index (χ1v) is 6.00. The fourth-order valence-electron chi connectivity index (χ4n) is 1.84. The van der Waals surface area contributed by atoms with E-state index in [2.05, 4.69) is 4.98 Å². The molecule has 0 radical (unpaired) electrons. The van der Waals surface area contributed by atoms with Crippen molar-refractivity contribution in [3.63, 3.8) is 0 Å². The molecule has 98 valence electrons. The number of halogens is 1. The number of aromatic nitrogens is 1. The maximum atomic E-state index is 13.1. The van der Waals surface area contributed by atoms with Gasteiger partial charge in [-0.1, -0.05) is 18.2 Å². The van der Waals surface area contributed by atoms with Gasteiger partial charge in [0.2, 0.25) is 0 Å². The van der Waals surface area contributed by atoms with E-state index in [0.29, 0.717) is 12.2 Å². The molecule has 2 aromatic rings. The first-order valence-electron chi connectivity index (χ1n) is 6.00. The van der Waals surface area contributed by atoms with E-state index < -0.39 is 0 Å². The quantitative estimate of drug-likeness (QED) is 0.848. The van der Waals surface area contributed by atoms with Crippen LogP contribution in [-0.4, -0.2) is 22.8 Å². The van der Waals surface area contributed by atoms with Crippen LogP contribution in [0, 0.1) is 12.7 Å². The molecule has 3 nitrogen and oxygen atoms in total. The molecule has 0 aliphatic rings. The summed E-state index contributed by atoms with van der Waals surface area (Å²) in [6.07, 6.45) is 0. The number of pyridine rings is 1. The Bertz CT molecular complexity index is 598. The summed E-state index contributed by atoms with van der Waals surface area (Å²) in [6.45, 7) is 2.19. The van der Waals surface area contributed by atoms with E-state index in [1.807, 2.05) is 13.0 Å². The SMILES string of the molecule is Cc1cccc(C(=O)N(C)Cc2cccc(F)c2)n1. The molecule has 1 aromatic heterocycles. The lowest BCUT2D eigenvalue weighted by molar-refractivity contribution is 0.0779. The van der Waals surface area contributed by atoms with Crippen molar-refractivity contribution < 1.29 is 9.18 Å². The van der Waals surface area contributed by atoms with Crippen LogP contribution in [0.2, 0.25) is 0 Å². The van der Waals surface area contributed by atoms with Crippen molar-refractivity contribution in [2.45, 2.75) is 13.5 Å². The molecule has 19 heavy (non-hydrogen) atoms. The summed E-state index contributed by atoms with van der Waals surface area (Å²) in [5.74, 6) is -0.472. The topological polar surface area (TPSA) is 33.2 Å². The number of amides is 1. The summed E-state index contributed by atoms with van der Waals surface area (Å²) < 4.78 is 13.1. The van der Waals surface area contributed by atoms with Crippen molar-refractivity contribution in [1.82, 2.24) is 9.88 Å². The van der Waals surface area contributed by atoms with Crippen LogP contribution in [0.1, 0.15) is 21.7 Å². The molecule has 0 saturated heterocycles. The van der Waals surface area contributed by atoms with Gasteiger partial charge in [0.05, 0.1) is 0 Å². The number of benzene rings is 1. The fourth-order valence-corrected chi connectivity index (χ4v) is 1.84. The van der Waals surface area contributed by atoms with E-state index in [0.717, 1.165) is 11.3 Å². The molecule has 0 aliphatic heterocycles. The number of carbonyl (C=O) groups excluding carboxylic acids is 1. The van der Waals surface area contributed by atoms with Crippen LogP contribution in [0.3, 0.4) is 0 Å². The molecule has 0 atom stereocenters. The lowest BCUT2D eigenvalue weighted by atomic mass is 10.2. The molecule has 0 saturated carbocycles. The Morgan fingerprint density at radius 1 is 1.26 bits per heavy atom. The zero-order chi connectivity index (χ0) is 13.8. The lowest BCUT2D eigenvalue weighted by Crippen LogP contribution is -2.27. The van der Waals surface area contributed by atoms with Crippen molar-refractivity contribution in [1.29, 1.82) is 0 Å². The number of aryl methyl sites for hydroxylation is 1. The molecule has 1 amide bonds. The number of hydrogen-bond donors (Lipinski definition) is 0. The van der Waals surface area contributed by atoms with Gasteiger partial charge in [-0.2, -0.15) is 0 Å².